The van der Waals surface area contributed by atoms with Crippen molar-refractivity contribution in [3.8, 4) is 0 Å². The molecule has 18 heavy (non-hydrogen) atoms. The first-order valence-electron chi connectivity index (χ1n) is 6.07. The molecule has 0 unspecified atom stereocenters. The summed E-state index contributed by atoms with van der Waals surface area (Å²) in [6.45, 7) is 5.36. The van der Waals surface area contributed by atoms with E-state index in [-0.39, 0.29) is 11.9 Å². The Kier molecular flexibility index (Phi) is 5.36. The number of carbonyl (C=O) groups excluding carboxylic acids is 2. The van der Waals surface area contributed by atoms with Crippen LogP contribution in [0.4, 0.5) is 0 Å². The molecule has 0 aliphatic heterocycles. The molecule has 0 saturated carbocycles. The molecule has 4 nitrogen and oxygen atoms in total. The number of hydrogen-bond acceptors (Lipinski definition) is 3. The first-order chi connectivity index (χ1) is 8.62. The molecular weight excluding hydrogens is 230 g/mol. The van der Waals surface area contributed by atoms with Gasteiger partial charge in [0.05, 0.1) is 19.1 Å². The first kappa shape index (κ1) is 14.2. The van der Waals surface area contributed by atoms with E-state index in [1.54, 1.807) is 29.2 Å². The SMILES string of the molecule is CCN(CC)C(=O)Cc1ccc(C(=O)OC)cc1. The minimum Gasteiger partial charge on any atom is -0.465 e. The largest absolute Gasteiger partial charge is 0.465 e. The highest BCUT2D eigenvalue weighted by Gasteiger charge is 2.11. The molecule has 1 amide bonds. The van der Waals surface area contributed by atoms with Crippen LogP contribution in [0.2, 0.25) is 0 Å². The number of ether oxygens (including phenoxy) is 1. The van der Waals surface area contributed by atoms with Crippen LogP contribution >= 0.6 is 0 Å². The van der Waals surface area contributed by atoms with Gasteiger partial charge < -0.3 is 9.64 Å². The number of methoxy groups -OCH3 is 1. The average Bonchev–Trinajstić information content (AvgIpc) is 2.40. The Labute approximate surface area is 108 Å². The number of nitrogens with zero attached hydrogens (tertiary/aromatic N) is 1. The number of hydrogen-bond donors (Lipinski definition) is 0. The van der Waals surface area contributed by atoms with Gasteiger partial charge in [-0.1, -0.05) is 12.1 Å². The maximum atomic E-state index is 11.9. The van der Waals surface area contributed by atoms with E-state index >= 15 is 0 Å². The summed E-state index contributed by atoms with van der Waals surface area (Å²) in [5.74, 6) is -0.262. The summed E-state index contributed by atoms with van der Waals surface area (Å²) in [6.07, 6.45) is 0.364. The van der Waals surface area contributed by atoms with Crippen molar-refractivity contribution in [1.29, 1.82) is 0 Å². The van der Waals surface area contributed by atoms with E-state index in [4.69, 9.17) is 0 Å². The molecule has 0 fully saturated rings. The van der Waals surface area contributed by atoms with Crippen LogP contribution in [0.5, 0.6) is 0 Å². The number of likely N-dealkylation sites (N-methyl/N-ethyl adjacent to an activating group) is 1. The Balaban J connectivity index is 2.69. The Hall–Kier alpha value is -1.84. The molecule has 98 valence electrons. The van der Waals surface area contributed by atoms with Gasteiger partial charge in [-0.25, -0.2) is 4.79 Å². The fourth-order valence-corrected chi connectivity index (χ4v) is 1.74. The number of esters is 1. The van der Waals surface area contributed by atoms with Crippen LogP contribution in [-0.2, 0) is 16.0 Å². The number of amides is 1. The molecule has 0 aromatic heterocycles. The van der Waals surface area contributed by atoms with Gasteiger partial charge in [0.1, 0.15) is 0 Å². The molecule has 1 rings (SSSR count). The summed E-state index contributed by atoms with van der Waals surface area (Å²) in [5.41, 5.74) is 1.40. The molecule has 4 heteroatoms. The van der Waals surface area contributed by atoms with Crippen LogP contribution in [0.25, 0.3) is 0 Å². The summed E-state index contributed by atoms with van der Waals surface area (Å²) >= 11 is 0. The van der Waals surface area contributed by atoms with Gasteiger partial charge in [0.2, 0.25) is 5.91 Å². The molecule has 0 aliphatic rings. The lowest BCUT2D eigenvalue weighted by molar-refractivity contribution is -0.130. The van der Waals surface area contributed by atoms with Gasteiger partial charge >= 0.3 is 5.97 Å². The maximum absolute atomic E-state index is 11.9. The van der Waals surface area contributed by atoms with Crippen molar-refractivity contribution in [1.82, 2.24) is 4.90 Å². The second kappa shape index (κ2) is 6.79. The monoisotopic (exact) mass is 249 g/mol. The number of carbonyl (C=O) groups is 2. The van der Waals surface area contributed by atoms with Crippen LogP contribution < -0.4 is 0 Å². The van der Waals surface area contributed by atoms with Crippen LogP contribution in [-0.4, -0.2) is 37.0 Å². The van der Waals surface area contributed by atoms with Gasteiger partial charge in [-0.3, -0.25) is 4.79 Å². The summed E-state index contributed by atoms with van der Waals surface area (Å²) in [5, 5.41) is 0. The lowest BCUT2D eigenvalue weighted by Crippen LogP contribution is -2.31. The van der Waals surface area contributed by atoms with Crippen molar-refractivity contribution in [2.75, 3.05) is 20.2 Å². The Morgan fingerprint density at radius 3 is 2.11 bits per heavy atom. The highest BCUT2D eigenvalue weighted by Crippen LogP contribution is 2.08. The minimum absolute atomic E-state index is 0.103. The van der Waals surface area contributed by atoms with Gasteiger partial charge in [0.25, 0.3) is 0 Å². The van der Waals surface area contributed by atoms with Crippen molar-refractivity contribution in [2.24, 2.45) is 0 Å². The molecule has 0 saturated heterocycles. The second-order valence-electron chi connectivity index (χ2n) is 3.93. The molecule has 1 aromatic carbocycles. The van der Waals surface area contributed by atoms with Gasteiger partial charge in [-0.2, -0.15) is 0 Å². The highest BCUT2D eigenvalue weighted by atomic mass is 16.5. The van der Waals surface area contributed by atoms with E-state index in [2.05, 4.69) is 4.74 Å². The van der Waals surface area contributed by atoms with Crippen molar-refractivity contribution in [2.45, 2.75) is 20.3 Å². The predicted molar refractivity (Wildman–Crippen MR) is 69.4 cm³/mol. The molecule has 0 heterocycles. The Morgan fingerprint density at radius 2 is 1.67 bits per heavy atom. The van der Waals surface area contributed by atoms with Crippen molar-refractivity contribution >= 4 is 11.9 Å². The number of rotatable bonds is 5. The Morgan fingerprint density at radius 1 is 1.11 bits per heavy atom. The van der Waals surface area contributed by atoms with Crippen LogP contribution in [0.3, 0.4) is 0 Å². The standard InChI is InChI=1S/C14H19NO3/c1-4-15(5-2)13(16)10-11-6-8-12(9-7-11)14(17)18-3/h6-9H,4-5,10H2,1-3H3. The topological polar surface area (TPSA) is 46.6 Å². The quantitative estimate of drug-likeness (QED) is 0.749. The molecule has 0 N–H and O–H groups in total. The van der Waals surface area contributed by atoms with E-state index in [0.29, 0.717) is 12.0 Å². The predicted octanol–water partition coefficient (Wildman–Crippen LogP) is 1.88. The van der Waals surface area contributed by atoms with Gasteiger partial charge in [-0.15, -0.1) is 0 Å². The second-order valence-corrected chi connectivity index (χ2v) is 3.93. The Bertz CT molecular complexity index is 408. The van der Waals surface area contributed by atoms with Crippen molar-refractivity contribution in [3.05, 3.63) is 35.4 Å². The highest BCUT2D eigenvalue weighted by molar-refractivity contribution is 5.89. The zero-order valence-electron chi connectivity index (χ0n) is 11.1. The zero-order valence-corrected chi connectivity index (χ0v) is 11.1. The first-order valence-corrected chi connectivity index (χ1v) is 6.07. The minimum atomic E-state index is -0.364. The summed E-state index contributed by atoms with van der Waals surface area (Å²) in [7, 11) is 1.35. The average molecular weight is 249 g/mol. The van der Waals surface area contributed by atoms with E-state index in [9.17, 15) is 9.59 Å². The van der Waals surface area contributed by atoms with E-state index < -0.39 is 0 Å². The van der Waals surface area contributed by atoms with Gasteiger partial charge in [0.15, 0.2) is 0 Å². The number of benzene rings is 1. The molecule has 0 aliphatic carbocycles. The third kappa shape index (κ3) is 3.58. The smallest absolute Gasteiger partial charge is 0.337 e. The summed E-state index contributed by atoms with van der Waals surface area (Å²) in [6, 6.07) is 6.93. The molecular formula is C14H19NO3. The van der Waals surface area contributed by atoms with E-state index in [1.807, 2.05) is 13.8 Å². The fourth-order valence-electron chi connectivity index (χ4n) is 1.74. The third-order valence-corrected chi connectivity index (χ3v) is 2.85. The zero-order chi connectivity index (χ0) is 13.5. The van der Waals surface area contributed by atoms with Crippen LogP contribution in [0, 0.1) is 0 Å². The van der Waals surface area contributed by atoms with Gasteiger partial charge in [0, 0.05) is 13.1 Å². The van der Waals surface area contributed by atoms with Crippen molar-refractivity contribution in [3.63, 3.8) is 0 Å². The van der Waals surface area contributed by atoms with Crippen molar-refractivity contribution < 1.29 is 14.3 Å². The molecule has 0 radical (unpaired) electrons. The lowest BCUT2D eigenvalue weighted by atomic mass is 10.1. The normalized spacial score (nSPS) is 9.94. The summed E-state index contributed by atoms with van der Waals surface area (Å²) < 4.78 is 4.62. The van der Waals surface area contributed by atoms with E-state index in [0.717, 1.165) is 18.7 Å². The molecule has 1 aromatic rings. The third-order valence-electron chi connectivity index (χ3n) is 2.85. The van der Waals surface area contributed by atoms with E-state index in [1.165, 1.54) is 7.11 Å². The van der Waals surface area contributed by atoms with Crippen LogP contribution in [0.15, 0.2) is 24.3 Å². The lowest BCUT2D eigenvalue weighted by Gasteiger charge is -2.18. The molecule has 0 atom stereocenters. The maximum Gasteiger partial charge on any atom is 0.337 e. The van der Waals surface area contributed by atoms with Crippen LogP contribution in [0.1, 0.15) is 29.8 Å². The van der Waals surface area contributed by atoms with Gasteiger partial charge in [-0.05, 0) is 31.5 Å². The summed E-state index contributed by atoms with van der Waals surface area (Å²) in [4.78, 5) is 24.9. The molecule has 0 spiro atoms. The molecule has 0 bridgehead atoms. The fraction of sp³-hybridized carbons (Fsp3) is 0.429.